The van der Waals surface area contributed by atoms with Gasteiger partial charge >= 0.3 is 0 Å². The Morgan fingerprint density at radius 2 is 2.20 bits per heavy atom. The molecule has 0 saturated carbocycles. The van der Waals surface area contributed by atoms with Crippen LogP contribution in [0.2, 0.25) is 0 Å². The molecule has 1 N–H and O–H groups in total. The summed E-state index contributed by atoms with van der Waals surface area (Å²) in [7, 11) is 0. The van der Waals surface area contributed by atoms with Gasteiger partial charge in [0.15, 0.2) is 0 Å². The Labute approximate surface area is 65.1 Å². The third-order valence-electron chi connectivity index (χ3n) is 0.681. The van der Waals surface area contributed by atoms with E-state index in [1.807, 2.05) is 24.4 Å². The predicted molar refractivity (Wildman–Crippen MR) is 42.9 cm³/mol. The highest BCUT2D eigenvalue weighted by molar-refractivity contribution is 7.71. The van der Waals surface area contributed by atoms with Crippen molar-refractivity contribution in [3.63, 3.8) is 0 Å². The molecule has 0 unspecified atom stereocenters. The van der Waals surface area contributed by atoms with Crippen LogP contribution in [0, 0.1) is 16.0 Å². The molecule has 10 heavy (non-hydrogen) atoms. The van der Waals surface area contributed by atoms with Gasteiger partial charge in [-0.3, -0.25) is 0 Å². The van der Waals surface area contributed by atoms with Crippen molar-refractivity contribution in [1.29, 1.82) is 5.26 Å². The first-order chi connectivity index (χ1) is 4.81. The Morgan fingerprint density at radius 1 is 1.60 bits per heavy atom. The number of pyridine rings is 1. The fourth-order valence-corrected chi connectivity index (χ4v) is 0.523. The number of nitriles is 1. The molecule has 0 aromatic carbocycles. The maximum Gasteiger partial charge on any atom is 0.103 e. The molecule has 0 spiro atoms. The molecular formula is C7H8N2S. The Bertz CT molecular complexity index is 241. The van der Waals surface area contributed by atoms with E-state index in [4.69, 9.17) is 17.5 Å². The summed E-state index contributed by atoms with van der Waals surface area (Å²) in [6, 6.07) is 7.39. The lowest BCUT2D eigenvalue weighted by molar-refractivity contribution is 1.30. The molecule has 1 aromatic rings. The summed E-state index contributed by atoms with van der Waals surface area (Å²) >= 11 is 4.76. The average Bonchev–Trinajstić information content (AvgIpc) is 1.91. The van der Waals surface area contributed by atoms with E-state index in [1.165, 1.54) is 6.92 Å². The van der Waals surface area contributed by atoms with Crippen molar-refractivity contribution in [2.24, 2.45) is 0 Å². The van der Waals surface area contributed by atoms with Gasteiger partial charge < -0.3 is 4.98 Å². The van der Waals surface area contributed by atoms with Gasteiger partial charge in [-0.15, -0.1) is 0 Å². The number of hydrogen-bond donors (Lipinski definition) is 1. The zero-order valence-corrected chi connectivity index (χ0v) is 6.48. The monoisotopic (exact) mass is 152 g/mol. The van der Waals surface area contributed by atoms with Crippen LogP contribution in [0.4, 0.5) is 0 Å². The van der Waals surface area contributed by atoms with E-state index in [-0.39, 0.29) is 0 Å². The van der Waals surface area contributed by atoms with E-state index < -0.39 is 0 Å². The lowest BCUT2D eigenvalue weighted by Crippen LogP contribution is -1.64. The summed E-state index contributed by atoms with van der Waals surface area (Å²) in [5.41, 5.74) is 0. The second-order valence-electron chi connectivity index (χ2n) is 1.45. The fraction of sp³-hybridized carbons (Fsp3) is 0.143. The largest absolute Gasteiger partial charge is 0.353 e. The first-order valence-electron chi connectivity index (χ1n) is 2.76. The molecule has 2 nitrogen and oxygen atoms in total. The second-order valence-corrected chi connectivity index (χ2v) is 1.89. The molecule has 0 aliphatic rings. The van der Waals surface area contributed by atoms with Crippen LogP contribution in [0.3, 0.4) is 0 Å². The van der Waals surface area contributed by atoms with Crippen LogP contribution in [-0.2, 0) is 0 Å². The smallest absolute Gasteiger partial charge is 0.103 e. The van der Waals surface area contributed by atoms with Gasteiger partial charge in [-0.1, -0.05) is 18.3 Å². The summed E-state index contributed by atoms with van der Waals surface area (Å²) in [6.45, 7) is 1.43. The normalized spacial score (nSPS) is 6.80. The van der Waals surface area contributed by atoms with Crippen molar-refractivity contribution >= 4 is 12.2 Å². The Morgan fingerprint density at radius 3 is 2.40 bits per heavy atom. The minimum Gasteiger partial charge on any atom is -0.353 e. The highest BCUT2D eigenvalue weighted by Crippen LogP contribution is 1.80. The molecule has 0 fully saturated rings. The standard InChI is InChI=1S/C5H5NS.C2H3N/c7-5-3-1-2-4-6-5;1-2-3/h1-4H,(H,6,7);1H3. The third-order valence-corrected chi connectivity index (χ3v) is 0.934. The Balaban J connectivity index is 0.000000236. The molecule has 3 heteroatoms. The van der Waals surface area contributed by atoms with E-state index in [0.29, 0.717) is 0 Å². The maximum atomic E-state index is 7.32. The number of nitrogens with zero attached hydrogens (tertiary/aromatic N) is 1. The molecule has 1 aromatic heterocycles. The predicted octanol–water partition coefficient (Wildman–Crippen LogP) is 2.27. The molecule has 0 bridgehead atoms. The highest BCUT2D eigenvalue weighted by atomic mass is 32.1. The molecule has 1 heterocycles. The van der Waals surface area contributed by atoms with Crippen LogP contribution in [0.15, 0.2) is 24.4 Å². The number of nitrogens with one attached hydrogen (secondary N) is 1. The number of aromatic nitrogens is 1. The van der Waals surface area contributed by atoms with Crippen LogP contribution in [0.25, 0.3) is 0 Å². The molecular weight excluding hydrogens is 144 g/mol. The minimum atomic E-state index is 0.780. The van der Waals surface area contributed by atoms with E-state index in [1.54, 1.807) is 6.07 Å². The van der Waals surface area contributed by atoms with E-state index in [2.05, 4.69) is 4.98 Å². The summed E-state index contributed by atoms with van der Waals surface area (Å²) in [4.78, 5) is 2.85. The first-order valence-corrected chi connectivity index (χ1v) is 3.16. The second kappa shape index (κ2) is 5.99. The van der Waals surface area contributed by atoms with Crippen LogP contribution in [-0.4, -0.2) is 4.98 Å². The topological polar surface area (TPSA) is 39.6 Å². The molecule has 52 valence electrons. The van der Waals surface area contributed by atoms with E-state index in [0.717, 1.165) is 4.64 Å². The number of rotatable bonds is 0. The van der Waals surface area contributed by atoms with Crippen molar-refractivity contribution in [2.45, 2.75) is 6.92 Å². The van der Waals surface area contributed by atoms with Crippen LogP contribution in [0.5, 0.6) is 0 Å². The van der Waals surface area contributed by atoms with Crippen molar-refractivity contribution in [1.82, 2.24) is 4.98 Å². The molecule has 0 saturated heterocycles. The zero-order valence-electron chi connectivity index (χ0n) is 5.66. The minimum absolute atomic E-state index is 0.780. The van der Waals surface area contributed by atoms with Crippen LogP contribution in [0.1, 0.15) is 6.92 Å². The molecule has 0 amide bonds. The van der Waals surface area contributed by atoms with E-state index >= 15 is 0 Å². The lowest BCUT2D eigenvalue weighted by atomic mass is 10.5. The Hall–Kier alpha value is -1.14. The summed E-state index contributed by atoms with van der Waals surface area (Å²) in [5, 5.41) is 7.32. The van der Waals surface area contributed by atoms with Crippen LogP contribution < -0.4 is 0 Å². The van der Waals surface area contributed by atoms with Gasteiger partial charge in [-0.25, -0.2) is 0 Å². The third kappa shape index (κ3) is 5.01. The van der Waals surface area contributed by atoms with Gasteiger partial charge in [-0.2, -0.15) is 5.26 Å². The van der Waals surface area contributed by atoms with Gasteiger partial charge in [0.2, 0.25) is 0 Å². The van der Waals surface area contributed by atoms with Gasteiger partial charge in [0.05, 0.1) is 6.07 Å². The van der Waals surface area contributed by atoms with Gasteiger partial charge in [0.1, 0.15) is 4.64 Å². The number of aromatic amines is 1. The van der Waals surface area contributed by atoms with Gasteiger partial charge in [0.25, 0.3) is 0 Å². The van der Waals surface area contributed by atoms with Crippen molar-refractivity contribution in [3.8, 4) is 6.07 Å². The molecule has 0 aliphatic carbocycles. The number of H-pyrrole nitrogens is 1. The van der Waals surface area contributed by atoms with Crippen molar-refractivity contribution in [2.75, 3.05) is 0 Å². The summed E-state index contributed by atoms with van der Waals surface area (Å²) in [6.07, 6.45) is 1.81. The van der Waals surface area contributed by atoms with Crippen molar-refractivity contribution in [3.05, 3.63) is 29.0 Å². The quantitative estimate of drug-likeness (QED) is 0.579. The summed E-state index contributed by atoms with van der Waals surface area (Å²) < 4.78 is 0.780. The maximum absolute atomic E-state index is 7.32. The molecule has 0 radical (unpaired) electrons. The van der Waals surface area contributed by atoms with Gasteiger partial charge in [-0.05, 0) is 12.1 Å². The fourth-order valence-electron chi connectivity index (χ4n) is 0.377. The van der Waals surface area contributed by atoms with Gasteiger partial charge in [0, 0.05) is 13.1 Å². The van der Waals surface area contributed by atoms with E-state index in [9.17, 15) is 0 Å². The SMILES string of the molecule is CC#N.S=c1cccc[nH]1. The highest BCUT2D eigenvalue weighted by Gasteiger charge is 1.65. The summed E-state index contributed by atoms with van der Waals surface area (Å²) in [5.74, 6) is 0. The zero-order chi connectivity index (χ0) is 7.82. The molecule has 0 atom stereocenters. The Kier molecular flexibility index (Phi) is 5.30. The lowest BCUT2D eigenvalue weighted by Gasteiger charge is -1.76. The van der Waals surface area contributed by atoms with Crippen molar-refractivity contribution < 1.29 is 0 Å². The molecule has 1 rings (SSSR count). The first kappa shape index (κ1) is 8.86. The molecule has 0 aliphatic heterocycles. The van der Waals surface area contributed by atoms with Crippen LogP contribution >= 0.6 is 12.2 Å². The number of hydrogen-bond acceptors (Lipinski definition) is 2. The average molecular weight is 152 g/mol.